The summed E-state index contributed by atoms with van der Waals surface area (Å²) >= 11 is 0. The molecule has 1 heterocycles. The van der Waals surface area contributed by atoms with Crippen molar-refractivity contribution in [3.63, 3.8) is 0 Å². The largest absolute Gasteiger partial charge is 0.493 e. The van der Waals surface area contributed by atoms with Crippen LogP contribution >= 0.6 is 0 Å². The van der Waals surface area contributed by atoms with E-state index in [0.717, 1.165) is 69.6 Å². The molecule has 29 heavy (non-hydrogen) atoms. The van der Waals surface area contributed by atoms with Crippen LogP contribution in [0.3, 0.4) is 0 Å². The zero-order valence-corrected chi connectivity index (χ0v) is 18.5. The Morgan fingerprint density at radius 1 is 1.31 bits per heavy atom. The minimum absolute atomic E-state index is 0.493. The number of rotatable bonds is 12. The van der Waals surface area contributed by atoms with E-state index in [1.165, 1.54) is 5.56 Å². The number of nitrogens with one attached hydrogen (secondary N) is 2. The maximum absolute atomic E-state index is 6.13. The van der Waals surface area contributed by atoms with Crippen LogP contribution in [0.15, 0.2) is 23.2 Å². The predicted octanol–water partition coefficient (Wildman–Crippen LogP) is 2.04. The van der Waals surface area contributed by atoms with Gasteiger partial charge in [-0.05, 0) is 45.0 Å². The van der Waals surface area contributed by atoms with Crippen LogP contribution < -0.4 is 15.4 Å². The van der Waals surface area contributed by atoms with Crippen molar-refractivity contribution in [1.82, 2.24) is 15.5 Å². The quantitative estimate of drug-likeness (QED) is 0.315. The summed E-state index contributed by atoms with van der Waals surface area (Å²) in [6, 6.07) is 6.36. The molecule has 0 saturated carbocycles. The van der Waals surface area contributed by atoms with Crippen LogP contribution in [-0.4, -0.2) is 78.1 Å². The highest BCUT2D eigenvalue weighted by Gasteiger charge is 2.17. The van der Waals surface area contributed by atoms with Crippen molar-refractivity contribution in [3.8, 4) is 5.75 Å². The van der Waals surface area contributed by atoms with Crippen LogP contribution in [0.1, 0.15) is 24.0 Å². The molecule has 1 fully saturated rings. The lowest BCUT2D eigenvalue weighted by Crippen LogP contribution is -2.38. The molecule has 7 nitrogen and oxygen atoms in total. The molecule has 1 aliphatic heterocycles. The predicted molar refractivity (Wildman–Crippen MR) is 118 cm³/mol. The maximum Gasteiger partial charge on any atom is 0.191 e. The van der Waals surface area contributed by atoms with Crippen LogP contribution in [0.25, 0.3) is 0 Å². The number of hydrogen-bond acceptors (Lipinski definition) is 5. The second-order valence-electron chi connectivity index (χ2n) is 7.65. The molecular formula is C22H38N4O3. The number of hydrogen-bond donors (Lipinski definition) is 2. The van der Waals surface area contributed by atoms with Crippen molar-refractivity contribution in [3.05, 3.63) is 29.3 Å². The van der Waals surface area contributed by atoms with Crippen molar-refractivity contribution in [2.75, 3.05) is 67.3 Å². The Morgan fingerprint density at radius 2 is 2.17 bits per heavy atom. The molecule has 1 aliphatic rings. The Kier molecular flexibility index (Phi) is 10.8. The van der Waals surface area contributed by atoms with Gasteiger partial charge < -0.3 is 29.7 Å². The van der Waals surface area contributed by atoms with E-state index in [1.807, 2.05) is 0 Å². The zero-order chi connectivity index (χ0) is 20.9. The van der Waals surface area contributed by atoms with Crippen molar-refractivity contribution >= 4 is 5.96 Å². The number of methoxy groups -OCH3 is 1. The van der Waals surface area contributed by atoms with E-state index < -0.39 is 0 Å². The smallest absolute Gasteiger partial charge is 0.191 e. The van der Waals surface area contributed by atoms with E-state index in [0.29, 0.717) is 19.1 Å². The number of likely N-dealkylation sites (N-methyl/N-ethyl adjacent to an activating group) is 1. The van der Waals surface area contributed by atoms with E-state index in [4.69, 9.17) is 14.2 Å². The zero-order valence-electron chi connectivity index (χ0n) is 18.5. The third-order valence-electron chi connectivity index (χ3n) is 5.08. The van der Waals surface area contributed by atoms with Crippen LogP contribution in [0.2, 0.25) is 0 Å². The van der Waals surface area contributed by atoms with Crippen molar-refractivity contribution < 1.29 is 14.2 Å². The fourth-order valence-electron chi connectivity index (χ4n) is 3.18. The summed E-state index contributed by atoms with van der Waals surface area (Å²) in [5.74, 6) is 2.24. The minimum Gasteiger partial charge on any atom is -0.493 e. The second kappa shape index (κ2) is 13.4. The number of guanidine groups is 1. The number of aryl methyl sites for hydroxylation is 1. The second-order valence-corrected chi connectivity index (χ2v) is 7.65. The third-order valence-corrected chi connectivity index (χ3v) is 5.08. The lowest BCUT2D eigenvalue weighted by atomic mass is 10.1. The van der Waals surface area contributed by atoms with Gasteiger partial charge in [-0.25, -0.2) is 0 Å². The molecular weight excluding hydrogens is 368 g/mol. The highest BCUT2D eigenvalue weighted by Crippen LogP contribution is 2.22. The number of ether oxygens (including phenoxy) is 3. The molecule has 0 amide bonds. The first-order valence-electron chi connectivity index (χ1n) is 10.5. The average Bonchev–Trinajstić information content (AvgIpc) is 3.24. The molecule has 0 aromatic heterocycles. The van der Waals surface area contributed by atoms with Gasteiger partial charge in [-0.2, -0.15) is 0 Å². The molecule has 7 heteroatoms. The summed E-state index contributed by atoms with van der Waals surface area (Å²) in [4.78, 5) is 6.60. The summed E-state index contributed by atoms with van der Waals surface area (Å²) in [5.41, 5.74) is 2.34. The minimum atomic E-state index is 0.493. The van der Waals surface area contributed by atoms with Gasteiger partial charge in [-0.15, -0.1) is 0 Å². The lowest BCUT2D eigenvalue weighted by molar-refractivity contribution is 0.161. The molecule has 0 bridgehead atoms. The SMILES string of the molecule is CN=C(NCCCN(C)CCOC)NCc1ccc(C)cc1OCC1CCOC1. The van der Waals surface area contributed by atoms with Crippen LogP contribution in [0.4, 0.5) is 0 Å². The Hall–Kier alpha value is -1.83. The molecule has 1 saturated heterocycles. The van der Waals surface area contributed by atoms with Gasteiger partial charge in [0.2, 0.25) is 0 Å². The van der Waals surface area contributed by atoms with Gasteiger partial charge in [0.25, 0.3) is 0 Å². The molecule has 164 valence electrons. The van der Waals surface area contributed by atoms with E-state index in [9.17, 15) is 0 Å². The first-order chi connectivity index (χ1) is 14.1. The van der Waals surface area contributed by atoms with Crippen LogP contribution in [-0.2, 0) is 16.0 Å². The number of nitrogens with zero attached hydrogens (tertiary/aromatic N) is 2. The van der Waals surface area contributed by atoms with E-state index >= 15 is 0 Å². The van der Waals surface area contributed by atoms with Gasteiger partial charge in [0.05, 0.1) is 19.8 Å². The Balaban J connectivity index is 1.76. The molecule has 0 aliphatic carbocycles. The Morgan fingerprint density at radius 3 is 2.90 bits per heavy atom. The van der Waals surface area contributed by atoms with E-state index in [1.54, 1.807) is 14.2 Å². The summed E-state index contributed by atoms with van der Waals surface area (Å²) in [6.07, 6.45) is 2.12. The Labute approximate surface area is 175 Å². The molecule has 1 atom stereocenters. The van der Waals surface area contributed by atoms with Crippen molar-refractivity contribution in [2.24, 2.45) is 10.9 Å². The highest BCUT2D eigenvalue weighted by molar-refractivity contribution is 5.79. The first kappa shape index (κ1) is 23.4. The summed E-state index contributed by atoms with van der Waals surface area (Å²) in [5, 5.41) is 6.78. The molecule has 0 spiro atoms. The average molecular weight is 407 g/mol. The van der Waals surface area contributed by atoms with Gasteiger partial charge >= 0.3 is 0 Å². The fourth-order valence-corrected chi connectivity index (χ4v) is 3.18. The monoisotopic (exact) mass is 406 g/mol. The van der Waals surface area contributed by atoms with Crippen molar-refractivity contribution in [2.45, 2.75) is 26.3 Å². The van der Waals surface area contributed by atoms with Crippen LogP contribution in [0.5, 0.6) is 5.75 Å². The van der Waals surface area contributed by atoms with Gasteiger partial charge in [-0.1, -0.05) is 12.1 Å². The molecule has 0 radical (unpaired) electrons. The number of benzene rings is 1. The molecule has 1 aromatic rings. The normalized spacial score (nSPS) is 17.0. The van der Waals surface area contributed by atoms with E-state index in [2.05, 4.69) is 52.7 Å². The third kappa shape index (κ3) is 9.02. The highest BCUT2D eigenvalue weighted by atomic mass is 16.5. The topological polar surface area (TPSA) is 67.4 Å². The van der Waals surface area contributed by atoms with Gasteiger partial charge in [0.15, 0.2) is 5.96 Å². The fraction of sp³-hybridized carbons (Fsp3) is 0.682. The molecule has 1 unspecified atom stereocenters. The number of aliphatic imine (C=N–C) groups is 1. The van der Waals surface area contributed by atoms with Gasteiger partial charge in [0, 0.05) is 51.9 Å². The van der Waals surface area contributed by atoms with E-state index in [-0.39, 0.29) is 0 Å². The molecule has 2 N–H and O–H groups in total. The summed E-state index contributed by atoms with van der Waals surface area (Å²) < 4.78 is 16.7. The maximum atomic E-state index is 6.13. The lowest BCUT2D eigenvalue weighted by Gasteiger charge is -2.18. The van der Waals surface area contributed by atoms with Crippen molar-refractivity contribution in [1.29, 1.82) is 0 Å². The standard InChI is InChI=1S/C22H38N4O3/c1-18-6-7-20(21(14-18)29-17-19-8-12-28-16-19)15-25-22(23-2)24-9-5-10-26(3)11-13-27-4/h6-7,14,19H,5,8-13,15-17H2,1-4H3,(H2,23,24,25). The summed E-state index contributed by atoms with van der Waals surface area (Å²) in [7, 11) is 5.65. The van der Waals surface area contributed by atoms with Gasteiger partial charge in [0.1, 0.15) is 5.75 Å². The molecule has 2 rings (SSSR count). The van der Waals surface area contributed by atoms with Gasteiger partial charge in [-0.3, -0.25) is 4.99 Å². The molecule has 1 aromatic carbocycles. The Bertz CT molecular complexity index is 618. The van der Waals surface area contributed by atoms with Crippen LogP contribution in [0, 0.1) is 12.8 Å². The summed E-state index contributed by atoms with van der Waals surface area (Å²) in [6.45, 7) is 8.73. The first-order valence-corrected chi connectivity index (χ1v) is 10.5.